The van der Waals surface area contributed by atoms with E-state index in [9.17, 15) is 8.78 Å². The molecule has 1 aromatic heterocycles. The van der Waals surface area contributed by atoms with Gasteiger partial charge >= 0.3 is 0 Å². The molecule has 3 rings (SSSR count). The highest BCUT2D eigenvalue weighted by molar-refractivity contribution is 7.11. The molecule has 3 nitrogen and oxygen atoms in total. The van der Waals surface area contributed by atoms with Crippen LogP contribution in [-0.2, 0) is 0 Å². The molecule has 0 fully saturated rings. The Hall–Kier alpha value is -2.08. The average molecular weight is 305 g/mol. The molecular formula is C15H13F2N3S. The molecule has 1 N–H and O–H groups in total. The summed E-state index contributed by atoms with van der Waals surface area (Å²) in [5.41, 5.74) is 1.65. The highest BCUT2D eigenvalue weighted by Gasteiger charge is 2.22. The molecule has 2 aromatic rings. The van der Waals surface area contributed by atoms with Gasteiger partial charge in [0.05, 0.1) is 0 Å². The largest absolute Gasteiger partial charge is 0.344 e. The van der Waals surface area contributed by atoms with Crippen LogP contribution >= 0.6 is 11.3 Å². The van der Waals surface area contributed by atoms with E-state index in [1.54, 1.807) is 12.3 Å². The van der Waals surface area contributed by atoms with Crippen molar-refractivity contribution in [3.05, 3.63) is 63.8 Å². The second-order valence-corrected chi connectivity index (χ2v) is 5.50. The Morgan fingerprint density at radius 3 is 2.81 bits per heavy atom. The van der Waals surface area contributed by atoms with E-state index in [0.29, 0.717) is 11.4 Å². The molecule has 1 atom stereocenters. The SMILES string of the molecule is CCC1=CNC(c2nccs2)=NC1c1ccc(F)c(F)c1. The van der Waals surface area contributed by atoms with E-state index in [4.69, 9.17) is 0 Å². The summed E-state index contributed by atoms with van der Waals surface area (Å²) >= 11 is 1.47. The van der Waals surface area contributed by atoms with Crippen LogP contribution in [0.15, 0.2) is 46.5 Å². The number of amidine groups is 1. The van der Waals surface area contributed by atoms with E-state index < -0.39 is 11.6 Å². The first-order chi connectivity index (χ1) is 10.2. The lowest BCUT2D eigenvalue weighted by atomic mass is 9.97. The van der Waals surface area contributed by atoms with Gasteiger partial charge in [0, 0.05) is 17.8 Å². The predicted octanol–water partition coefficient (Wildman–Crippen LogP) is 3.81. The van der Waals surface area contributed by atoms with Crippen molar-refractivity contribution >= 4 is 17.2 Å². The van der Waals surface area contributed by atoms with Crippen LogP contribution in [0.2, 0.25) is 0 Å². The summed E-state index contributed by atoms with van der Waals surface area (Å²) < 4.78 is 26.6. The van der Waals surface area contributed by atoms with Crippen molar-refractivity contribution in [2.45, 2.75) is 19.4 Å². The van der Waals surface area contributed by atoms with Gasteiger partial charge in [0.1, 0.15) is 6.04 Å². The second-order valence-electron chi connectivity index (χ2n) is 4.61. The van der Waals surface area contributed by atoms with Gasteiger partial charge in [0.15, 0.2) is 22.5 Å². The Morgan fingerprint density at radius 2 is 2.14 bits per heavy atom. The van der Waals surface area contributed by atoms with Crippen LogP contribution in [0.1, 0.15) is 30.0 Å². The molecule has 1 unspecified atom stereocenters. The molecular weight excluding hydrogens is 292 g/mol. The highest BCUT2D eigenvalue weighted by atomic mass is 32.1. The van der Waals surface area contributed by atoms with E-state index >= 15 is 0 Å². The Bertz CT molecular complexity index is 708. The lowest BCUT2D eigenvalue weighted by Gasteiger charge is -2.22. The molecule has 0 saturated carbocycles. The summed E-state index contributed by atoms with van der Waals surface area (Å²) in [5, 5.41) is 5.75. The summed E-state index contributed by atoms with van der Waals surface area (Å²) in [6, 6.07) is 3.60. The number of hydrogen-bond donors (Lipinski definition) is 1. The van der Waals surface area contributed by atoms with Crippen LogP contribution in [0.25, 0.3) is 0 Å². The minimum atomic E-state index is -0.854. The van der Waals surface area contributed by atoms with Crippen molar-refractivity contribution in [3.63, 3.8) is 0 Å². The van der Waals surface area contributed by atoms with E-state index in [0.717, 1.165) is 23.1 Å². The van der Waals surface area contributed by atoms with Gasteiger partial charge in [-0.2, -0.15) is 0 Å². The zero-order valence-electron chi connectivity index (χ0n) is 11.3. The maximum absolute atomic E-state index is 13.5. The first kappa shape index (κ1) is 13.9. The monoisotopic (exact) mass is 305 g/mol. The molecule has 21 heavy (non-hydrogen) atoms. The lowest BCUT2D eigenvalue weighted by Crippen LogP contribution is -2.25. The molecule has 108 valence electrons. The number of hydrogen-bond acceptors (Lipinski definition) is 4. The van der Waals surface area contributed by atoms with E-state index in [-0.39, 0.29) is 6.04 Å². The maximum atomic E-state index is 13.5. The number of benzene rings is 1. The fourth-order valence-electron chi connectivity index (χ4n) is 2.21. The van der Waals surface area contributed by atoms with Gasteiger partial charge in [-0.15, -0.1) is 11.3 Å². The van der Waals surface area contributed by atoms with Crippen molar-refractivity contribution < 1.29 is 8.78 Å². The number of nitrogens with one attached hydrogen (secondary N) is 1. The van der Waals surface area contributed by atoms with Gasteiger partial charge in [0.2, 0.25) is 0 Å². The Morgan fingerprint density at radius 1 is 1.29 bits per heavy atom. The molecule has 6 heteroatoms. The summed E-state index contributed by atoms with van der Waals surface area (Å²) in [7, 11) is 0. The smallest absolute Gasteiger partial charge is 0.162 e. The molecule has 1 aromatic carbocycles. The number of aliphatic imine (C=N–C) groups is 1. The van der Waals surface area contributed by atoms with Crippen LogP contribution in [0.4, 0.5) is 8.78 Å². The molecule has 0 bridgehead atoms. The first-order valence-corrected chi connectivity index (χ1v) is 7.45. The quantitative estimate of drug-likeness (QED) is 0.936. The first-order valence-electron chi connectivity index (χ1n) is 6.57. The molecule has 0 spiro atoms. The normalized spacial score (nSPS) is 18.0. The molecule has 1 aliphatic heterocycles. The van der Waals surface area contributed by atoms with Crippen LogP contribution in [0, 0.1) is 11.6 Å². The van der Waals surface area contributed by atoms with Crippen LogP contribution in [0.5, 0.6) is 0 Å². The van der Waals surface area contributed by atoms with Gasteiger partial charge in [-0.25, -0.2) is 13.8 Å². The summed E-state index contributed by atoms with van der Waals surface area (Å²) in [6.45, 7) is 2.00. The summed E-state index contributed by atoms with van der Waals surface area (Å²) in [4.78, 5) is 8.83. The lowest BCUT2D eigenvalue weighted by molar-refractivity contribution is 0.506. The highest BCUT2D eigenvalue weighted by Crippen LogP contribution is 2.31. The Kier molecular flexibility index (Phi) is 3.79. The van der Waals surface area contributed by atoms with Crippen LogP contribution in [0.3, 0.4) is 0 Å². The predicted molar refractivity (Wildman–Crippen MR) is 79.3 cm³/mol. The minimum absolute atomic E-state index is 0.315. The molecule has 1 aliphatic rings. The fraction of sp³-hybridized carbons (Fsp3) is 0.200. The summed E-state index contributed by atoms with van der Waals surface area (Å²) in [6.07, 6.45) is 4.34. The van der Waals surface area contributed by atoms with Gasteiger partial charge in [-0.05, 0) is 29.7 Å². The second kappa shape index (κ2) is 5.73. The van der Waals surface area contributed by atoms with Crippen molar-refractivity contribution in [1.29, 1.82) is 0 Å². The van der Waals surface area contributed by atoms with Gasteiger partial charge < -0.3 is 5.32 Å². The van der Waals surface area contributed by atoms with Crippen LogP contribution in [-0.4, -0.2) is 10.8 Å². The molecule has 0 saturated heterocycles. The number of aromatic nitrogens is 1. The standard InChI is InChI=1S/C15H13F2N3S/c1-2-9-8-19-14(15-18-5-6-21-15)20-13(9)10-3-4-11(16)12(17)7-10/h3-8,13H,2H2,1H3,(H,19,20). The third-order valence-corrected chi connectivity index (χ3v) is 4.09. The molecule has 0 amide bonds. The van der Waals surface area contributed by atoms with Crippen molar-refractivity contribution in [1.82, 2.24) is 10.3 Å². The summed E-state index contributed by atoms with van der Waals surface area (Å²) in [5.74, 6) is -1.05. The minimum Gasteiger partial charge on any atom is -0.344 e. The van der Waals surface area contributed by atoms with Gasteiger partial charge in [0.25, 0.3) is 0 Å². The third-order valence-electron chi connectivity index (χ3n) is 3.31. The van der Waals surface area contributed by atoms with Crippen molar-refractivity contribution in [2.24, 2.45) is 4.99 Å². The molecule has 0 radical (unpaired) electrons. The van der Waals surface area contributed by atoms with Crippen molar-refractivity contribution in [3.8, 4) is 0 Å². The number of halogens is 2. The molecule has 2 heterocycles. The molecule has 0 aliphatic carbocycles. The number of nitrogens with zero attached hydrogens (tertiary/aromatic N) is 2. The average Bonchev–Trinajstić information content (AvgIpc) is 3.04. The fourth-order valence-corrected chi connectivity index (χ4v) is 2.81. The van der Waals surface area contributed by atoms with Gasteiger partial charge in [-0.1, -0.05) is 13.0 Å². The van der Waals surface area contributed by atoms with E-state index in [1.165, 1.54) is 17.4 Å². The maximum Gasteiger partial charge on any atom is 0.162 e. The Labute approximate surface area is 125 Å². The Balaban J connectivity index is 2.01. The van der Waals surface area contributed by atoms with E-state index in [1.807, 2.05) is 18.5 Å². The van der Waals surface area contributed by atoms with Gasteiger partial charge in [-0.3, -0.25) is 4.99 Å². The topological polar surface area (TPSA) is 37.3 Å². The number of rotatable bonds is 3. The zero-order valence-corrected chi connectivity index (χ0v) is 12.1. The zero-order chi connectivity index (χ0) is 14.8. The van der Waals surface area contributed by atoms with Crippen LogP contribution < -0.4 is 5.32 Å². The van der Waals surface area contributed by atoms with E-state index in [2.05, 4.69) is 15.3 Å². The third kappa shape index (κ3) is 2.71. The number of thiazole rings is 1. The van der Waals surface area contributed by atoms with Crippen molar-refractivity contribution in [2.75, 3.05) is 0 Å².